The molecule has 7 heteroatoms. The van der Waals surface area contributed by atoms with Gasteiger partial charge >= 0.3 is 5.63 Å². The van der Waals surface area contributed by atoms with E-state index in [0.29, 0.717) is 27.6 Å². The second kappa shape index (κ2) is 6.99. The molecule has 0 unspecified atom stereocenters. The molecule has 1 aliphatic rings. The second-order valence-corrected chi connectivity index (χ2v) is 7.90. The molecule has 1 atom stereocenters. The summed E-state index contributed by atoms with van der Waals surface area (Å²) in [6.45, 7) is 0.527. The van der Waals surface area contributed by atoms with Gasteiger partial charge in [0.05, 0.1) is 0 Å². The second-order valence-electron chi connectivity index (χ2n) is 5.87. The molecule has 1 aromatic heterocycles. The maximum Gasteiger partial charge on any atom is 0.349 e. The third kappa shape index (κ3) is 3.11. The number of thioether (sulfide) groups is 1. The topological polar surface area (TPSA) is 50.5 Å². The molecule has 0 aliphatic carbocycles. The minimum absolute atomic E-state index is 0.0290. The molecular weight excluding hydrogens is 393 g/mol. The van der Waals surface area contributed by atoms with Crippen LogP contribution in [-0.2, 0) is 0 Å². The molecule has 1 saturated heterocycles. The zero-order valence-electron chi connectivity index (χ0n) is 13.4. The van der Waals surface area contributed by atoms with E-state index in [4.69, 9.17) is 27.6 Å². The van der Waals surface area contributed by atoms with Gasteiger partial charge in [0.1, 0.15) is 16.5 Å². The Hall–Kier alpha value is -1.95. The van der Waals surface area contributed by atoms with Crippen molar-refractivity contribution in [1.29, 1.82) is 0 Å². The highest BCUT2D eigenvalue weighted by molar-refractivity contribution is 7.99. The van der Waals surface area contributed by atoms with Crippen molar-refractivity contribution in [3.63, 3.8) is 0 Å². The highest BCUT2D eigenvalue weighted by Crippen LogP contribution is 2.42. The summed E-state index contributed by atoms with van der Waals surface area (Å²) in [4.78, 5) is 27.0. The molecular formula is C19H13Cl2NO3S. The fourth-order valence-corrected chi connectivity index (χ4v) is 4.87. The Balaban J connectivity index is 1.73. The van der Waals surface area contributed by atoms with Gasteiger partial charge in [-0.2, -0.15) is 0 Å². The Labute approximate surface area is 163 Å². The van der Waals surface area contributed by atoms with Crippen molar-refractivity contribution in [2.45, 2.75) is 5.37 Å². The van der Waals surface area contributed by atoms with Gasteiger partial charge < -0.3 is 9.32 Å². The summed E-state index contributed by atoms with van der Waals surface area (Å²) in [5, 5.41) is 1.48. The van der Waals surface area contributed by atoms with E-state index in [9.17, 15) is 9.59 Å². The molecule has 1 fully saturated rings. The normalized spacial score (nSPS) is 17.0. The fraction of sp³-hybridized carbons (Fsp3) is 0.158. The van der Waals surface area contributed by atoms with Crippen LogP contribution in [0.2, 0.25) is 10.0 Å². The molecule has 2 heterocycles. The van der Waals surface area contributed by atoms with Gasteiger partial charge in [-0.1, -0.05) is 47.5 Å². The van der Waals surface area contributed by atoms with Crippen LogP contribution in [0, 0.1) is 0 Å². The molecule has 132 valence electrons. The Morgan fingerprint density at radius 2 is 1.96 bits per heavy atom. The van der Waals surface area contributed by atoms with Crippen molar-refractivity contribution in [3.8, 4) is 0 Å². The lowest BCUT2D eigenvalue weighted by atomic mass is 10.1. The van der Waals surface area contributed by atoms with Crippen LogP contribution in [0.1, 0.15) is 21.3 Å². The van der Waals surface area contributed by atoms with Gasteiger partial charge in [0, 0.05) is 33.3 Å². The van der Waals surface area contributed by atoms with Crippen LogP contribution in [0.15, 0.2) is 57.7 Å². The van der Waals surface area contributed by atoms with Crippen LogP contribution in [0.4, 0.5) is 0 Å². The number of hydrogen-bond acceptors (Lipinski definition) is 4. The fourth-order valence-electron chi connectivity index (χ4n) is 3.00. The molecule has 0 radical (unpaired) electrons. The van der Waals surface area contributed by atoms with E-state index < -0.39 is 5.63 Å². The van der Waals surface area contributed by atoms with Crippen LogP contribution in [0.25, 0.3) is 11.0 Å². The summed E-state index contributed by atoms with van der Waals surface area (Å²) >= 11 is 13.9. The highest BCUT2D eigenvalue weighted by Gasteiger charge is 2.34. The molecule has 3 aromatic rings. The number of rotatable bonds is 2. The lowest BCUT2D eigenvalue weighted by Crippen LogP contribution is -2.33. The molecule has 26 heavy (non-hydrogen) atoms. The average molecular weight is 406 g/mol. The number of nitrogens with zero attached hydrogens (tertiary/aromatic N) is 1. The summed E-state index contributed by atoms with van der Waals surface area (Å²) < 4.78 is 5.30. The average Bonchev–Trinajstić information content (AvgIpc) is 3.10. The molecule has 2 aromatic carbocycles. The Morgan fingerprint density at radius 1 is 1.15 bits per heavy atom. The van der Waals surface area contributed by atoms with Gasteiger partial charge in [0.15, 0.2) is 0 Å². The molecule has 0 N–H and O–H groups in total. The van der Waals surface area contributed by atoms with Crippen molar-refractivity contribution < 1.29 is 9.21 Å². The Bertz CT molecular complexity index is 1070. The first kappa shape index (κ1) is 17.5. The van der Waals surface area contributed by atoms with Crippen molar-refractivity contribution >= 4 is 51.8 Å². The lowest BCUT2D eigenvalue weighted by molar-refractivity contribution is 0.0756. The Morgan fingerprint density at radius 3 is 2.77 bits per heavy atom. The third-order valence-corrected chi connectivity index (χ3v) is 6.06. The zero-order chi connectivity index (χ0) is 18.3. The number of halogens is 2. The predicted octanol–water partition coefficient (Wildman–Crippen LogP) is 4.99. The SMILES string of the molecule is O=C(c1cc2ccccc2oc1=O)N1CCS[C@H]1c1ccc(Cl)cc1Cl. The van der Waals surface area contributed by atoms with Crippen LogP contribution >= 0.6 is 35.0 Å². The first-order valence-corrected chi connectivity index (χ1v) is 9.75. The predicted molar refractivity (Wildman–Crippen MR) is 105 cm³/mol. The van der Waals surface area contributed by atoms with Gasteiger partial charge in [-0.25, -0.2) is 4.79 Å². The van der Waals surface area contributed by atoms with E-state index in [0.717, 1.165) is 11.3 Å². The largest absolute Gasteiger partial charge is 0.422 e. The van der Waals surface area contributed by atoms with Crippen molar-refractivity contribution in [2.75, 3.05) is 12.3 Å². The van der Waals surface area contributed by atoms with Crippen molar-refractivity contribution in [2.24, 2.45) is 0 Å². The third-order valence-electron chi connectivity index (χ3n) is 4.25. The smallest absolute Gasteiger partial charge is 0.349 e. The van der Waals surface area contributed by atoms with Gasteiger partial charge in [0.2, 0.25) is 0 Å². The number of hydrogen-bond donors (Lipinski definition) is 0. The highest BCUT2D eigenvalue weighted by atomic mass is 35.5. The number of carbonyl (C=O) groups excluding carboxylic acids is 1. The van der Waals surface area contributed by atoms with Crippen LogP contribution in [0.3, 0.4) is 0 Å². The molecule has 1 amide bonds. The van der Waals surface area contributed by atoms with E-state index in [2.05, 4.69) is 0 Å². The molecule has 0 spiro atoms. The maximum atomic E-state index is 13.1. The van der Waals surface area contributed by atoms with Gasteiger partial charge in [-0.3, -0.25) is 4.79 Å². The molecule has 4 rings (SSSR count). The van der Waals surface area contributed by atoms with Gasteiger partial charge in [-0.15, -0.1) is 11.8 Å². The van der Waals surface area contributed by atoms with Crippen LogP contribution in [0.5, 0.6) is 0 Å². The van der Waals surface area contributed by atoms with E-state index >= 15 is 0 Å². The molecule has 0 saturated carbocycles. The summed E-state index contributed by atoms with van der Waals surface area (Å²) in [6.07, 6.45) is 0. The number of amides is 1. The number of para-hydroxylation sites is 1. The van der Waals surface area contributed by atoms with E-state index in [-0.39, 0.29) is 16.8 Å². The quantitative estimate of drug-likeness (QED) is 0.563. The minimum atomic E-state index is -0.633. The number of benzene rings is 2. The maximum absolute atomic E-state index is 13.1. The van der Waals surface area contributed by atoms with Gasteiger partial charge in [0.25, 0.3) is 5.91 Å². The van der Waals surface area contributed by atoms with E-state index in [1.54, 1.807) is 53.1 Å². The summed E-state index contributed by atoms with van der Waals surface area (Å²) in [5.41, 5.74) is 0.659. The first-order valence-electron chi connectivity index (χ1n) is 7.95. The molecule has 4 nitrogen and oxygen atoms in total. The van der Waals surface area contributed by atoms with E-state index in [1.165, 1.54) is 0 Å². The number of fused-ring (bicyclic) bond motifs is 1. The molecule has 1 aliphatic heterocycles. The Kier molecular flexibility index (Phi) is 4.69. The summed E-state index contributed by atoms with van der Waals surface area (Å²) in [5.74, 6) is 0.402. The standard InChI is InChI=1S/C19H13Cl2NO3S/c20-12-5-6-13(15(21)10-12)18-22(7-8-26-18)17(23)14-9-11-3-1-2-4-16(11)25-19(14)24/h1-6,9-10,18H,7-8H2/t18-/m0/s1. The van der Waals surface area contributed by atoms with Crippen LogP contribution in [-0.4, -0.2) is 23.1 Å². The van der Waals surface area contributed by atoms with Crippen LogP contribution < -0.4 is 5.63 Å². The van der Waals surface area contributed by atoms with Gasteiger partial charge in [-0.05, 0) is 24.3 Å². The first-order chi connectivity index (χ1) is 12.5. The monoisotopic (exact) mass is 405 g/mol. The molecule has 0 bridgehead atoms. The van der Waals surface area contributed by atoms with E-state index in [1.807, 2.05) is 12.1 Å². The van der Waals surface area contributed by atoms with Crippen molar-refractivity contribution in [3.05, 3.63) is 80.1 Å². The minimum Gasteiger partial charge on any atom is -0.422 e. The summed E-state index contributed by atoms with van der Waals surface area (Å²) in [6, 6.07) is 13.9. The van der Waals surface area contributed by atoms with Crippen molar-refractivity contribution in [1.82, 2.24) is 4.90 Å². The number of carbonyl (C=O) groups is 1. The zero-order valence-corrected chi connectivity index (χ0v) is 15.8. The lowest BCUT2D eigenvalue weighted by Gasteiger charge is -2.24. The summed E-state index contributed by atoms with van der Waals surface area (Å²) in [7, 11) is 0.